The van der Waals surface area contributed by atoms with Gasteiger partial charge in [0.1, 0.15) is 11.8 Å². The Bertz CT molecular complexity index is 426. The summed E-state index contributed by atoms with van der Waals surface area (Å²) >= 11 is 0. The summed E-state index contributed by atoms with van der Waals surface area (Å²) in [5.41, 5.74) is 8.96. The fraction of sp³-hybridized carbons (Fsp3) is 0.182. The van der Waals surface area contributed by atoms with Crippen molar-refractivity contribution in [3.63, 3.8) is 0 Å². The number of hydrogen-bond donors (Lipinski definition) is 2. The summed E-state index contributed by atoms with van der Waals surface area (Å²) in [4.78, 5) is 0. The number of nitrogens with zero attached hydrogens (tertiary/aromatic N) is 1. The molecule has 0 radical (unpaired) electrons. The van der Waals surface area contributed by atoms with Gasteiger partial charge in [-0.25, -0.2) is 0 Å². The first-order valence-corrected chi connectivity index (χ1v) is 4.55. The fourth-order valence-electron chi connectivity index (χ4n) is 1.70. The molecule has 0 fully saturated rings. The van der Waals surface area contributed by atoms with Gasteiger partial charge in [-0.15, -0.1) is 0 Å². The molecule has 2 rings (SSSR count). The third-order valence-electron chi connectivity index (χ3n) is 2.37. The third kappa shape index (κ3) is 1.31. The van der Waals surface area contributed by atoms with Crippen LogP contribution >= 0.6 is 0 Å². The van der Waals surface area contributed by atoms with Gasteiger partial charge in [0.2, 0.25) is 0 Å². The van der Waals surface area contributed by atoms with Crippen LogP contribution in [-0.2, 0) is 6.42 Å². The Hall–Kier alpha value is -1.95. The molecule has 0 amide bonds. The lowest BCUT2D eigenvalue weighted by Gasteiger charge is -2.21. The van der Waals surface area contributed by atoms with Crippen LogP contribution in [0.2, 0.25) is 0 Å². The molecule has 3 heteroatoms. The lowest BCUT2D eigenvalue weighted by Crippen LogP contribution is -2.25. The second-order valence-electron chi connectivity index (χ2n) is 3.23. The Balaban J connectivity index is 2.58. The molecule has 0 aromatic heterocycles. The molecule has 14 heavy (non-hydrogen) atoms. The van der Waals surface area contributed by atoms with Crippen molar-refractivity contribution in [1.29, 1.82) is 5.26 Å². The Morgan fingerprint density at radius 1 is 1.43 bits per heavy atom. The predicted octanol–water partition coefficient (Wildman–Crippen LogP) is 0.983. The summed E-state index contributed by atoms with van der Waals surface area (Å²) in [6, 6.07) is 9.99. The zero-order valence-corrected chi connectivity index (χ0v) is 7.75. The number of nitriles is 1. The monoisotopic (exact) mass is 185 g/mol. The smallest absolute Gasteiger partial charge is 0.135 e. The van der Waals surface area contributed by atoms with E-state index in [-0.39, 0.29) is 5.70 Å². The second kappa shape index (κ2) is 3.43. The van der Waals surface area contributed by atoms with Crippen LogP contribution in [0.4, 0.5) is 0 Å². The van der Waals surface area contributed by atoms with Crippen LogP contribution in [0.5, 0.6) is 0 Å². The molecule has 0 spiro atoms. The first-order valence-electron chi connectivity index (χ1n) is 4.55. The zero-order chi connectivity index (χ0) is 9.97. The topological polar surface area (TPSA) is 61.8 Å². The highest BCUT2D eigenvalue weighted by Crippen LogP contribution is 2.22. The van der Waals surface area contributed by atoms with E-state index in [1.807, 2.05) is 24.3 Å². The van der Waals surface area contributed by atoms with Crippen LogP contribution in [0.1, 0.15) is 11.1 Å². The van der Waals surface area contributed by atoms with Crippen molar-refractivity contribution in [3.05, 3.63) is 41.1 Å². The molecule has 0 saturated heterocycles. The summed E-state index contributed by atoms with van der Waals surface area (Å²) in [6.45, 7) is 0.842. The van der Waals surface area contributed by atoms with Gasteiger partial charge in [0.25, 0.3) is 0 Å². The molecule has 1 heterocycles. The van der Waals surface area contributed by atoms with E-state index in [4.69, 9.17) is 11.0 Å². The first-order chi connectivity index (χ1) is 6.83. The minimum atomic E-state index is 0.261. The third-order valence-corrected chi connectivity index (χ3v) is 2.37. The molecule has 3 nitrogen and oxygen atoms in total. The van der Waals surface area contributed by atoms with Crippen LogP contribution in [-0.4, -0.2) is 6.54 Å². The molecule has 0 aliphatic carbocycles. The minimum Gasteiger partial charge on any atom is -0.388 e. The average molecular weight is 185 g/mol. The predicted molar refractivity (Wildman–Crippen MR) is 54.9 cm³/mol. The van der Waals surface area contributed by atoms with Crippen LogP contribution in [0.25, 0.3) is 5.70 Å². The van der Waals surface area contributed by atoms with Crippen LogP contribution < -0.4 is 11.1 Å². The van der Waals surface area contributed by atoms with E-state index in [2.05, 4.69) is 11.4 Å². The van der Waals surface area contributed by atoms with Gasteiger partial charge in [-0.3, -0.25) is 0 Å². The summed E-state index contributed by atoms with van der Waals surface area (Å²) in [5, 5.41) is 11.9. The first kappa shape index (κ1) is 8.64. The van der Waals surface area contributed by atoms with Crippen molar-refractivity contribution >= 4 is 5.70 Å². The van der Waals surface area contributed by atoms with E-state index in [1.165, 1.54) is 5.56 Å². The average Bonchev–Trinajstić information content (AvgIpc) is 2.27. The van der Waals surface area contributed by atoms with Crippen molar-refractivity contribution in [1.82, 2.24) is 5.32 Å². The summed E-state index contributed by atoms with van der Waals surface area (Å²) in [5.74, 6) is 0. The number of nitrogens with two attached hydrogens (primary N) is 1. The Morgan fingerprint density at radius 2 is 2.21 bits per heavy atom. The number of rotatable bonds is 0. The van der Waals surface area contributed by atoms with E-state index in [0.717, 1.165) is 24.2 Å². The molecule has 0 unspecified atom stereocenters. The maximum atomic E-state index is 8.74. The molecule has 1 aliphatic heterocycles. The van der Waals surface area contributed by atoms with E-state index >= 15 is 0 Å². The van der Waals surface area contributed by atoms with Crippen LogP contribution in [0.3, 0.4) is 0 Å². The molecule has 70 valence electrons. The van der Waals surface area contributed by atoms with Crippen molar-refractivity contribution in [2.24, 2.45) is 5.73 Å². The van der Waals surface area contributed by atoms with Gasteiger partial charge >= 0.3 is 0 Å². The molecule has 0 saturated carbocycles. The van der Waals surface area contributed by atoms with Gasteiger partial charge in [-0.2, -0.15) is 5.26 Å². The summed E-state index contributed by atoms with van der Waals surface area (Å²) in [6.07, 6.45) is 0.985. The molecule has 1 aromatic carbocycles. The highest BCUT2D eigenvalue weighted by molar-refractivity contribution is 5.73. The van der Waals surface area contributed by atoms with Gasteiger partial charge in [0.05, 0.1) is 5.70 Å². The molecular formula is C11H11N3. The van der Waals surface area contributed by atoms with Crippen molar-refractivity contribution in [3.8, 4) is 6.07 Å². The van der Waals surface area contributed by atoms with E-state index in [9.17, 15) is 0 Å². The molecule has 1 aliphatic rings. The Morgan fingerprint density at radius 3 is 3.00 bits per heavy atom. The largest absolute Gasteiger partial charge is 0.388 e. The standard InChI is InChI=1S/C11H11N3/c12-7-10(13)11-9-4-2-1-3-8(9)5-6-14-11/h1-4,14H,5-6,13H2/b11-10+. The maximum Gasteiger partial charge on any atom is 0.135 e. The van der Waals surface area contributed by atoms with Gasteiger partial charge in [-0.1, -0.05) is 24.3 Å². The van der Waals surface area contributed by atoms with Gasteiger partial charge in [-0.05, 0) is 12.0 Å². The Kier molecular flexibility index (Phi) is 2.11. The molecule has 3 N–H and O–H groups in total. The molecule has 0 atom stereocenters. The van der Waals surface area contributed by atoms with Crippen molar-refractivity contribution in [2.45, 2.75) is 6.42 Å². The number of benzene rings is 1. The second-order valence-corrected chi connectivity index (χ2v) is 3.23. The lowest BCUT2D eigenvalue weighted by atomic mass is 9.97. The number of hydrogen-bond acceptors (Lipinski definition) is 3. The van der Waals surface area contributed by atoms with E-state index in [0.29, 0.717) is 0 Å². The molecule has 0 bridgehead atoms. The van der Waals surface area contributed by atoms with Crippen LogP contribution in [0, 0.1) is 11.3 Å². The number of allylic oxidation sites excluding steroid dienone is 1. The minimum absolute atomic E-state index is 0.261. The summed E-state index contributed by atoms with van der Waals surface area (Å²) < 4.78 is 0. The quantitative estimate of drug-likeness (QED) is 0.592. The van der Waals surface area contributed by atoms with E-state index in [1.54, 1.807) is 0 Å². The highest BCUT2D eigenvalue weighted by Gasteiger charge is 2.14. The van der Waals surface area contributed by atoms with Gasteiger partial charge in [0.15, 0.2) is 0 Å². The number of fused-ring (bicyclic) bond motifs is 1. The fourth-order valence-corrected chi connectivity index (χ4v) is 1.70. The normalized spacial score (nSPS) is 17.6. The van der Waals surface area contributed by atoms with Crippen molar-refractivity contribution < 1.29 is 0 Å². The zero-order valence-electron chi connectivity index (χ0n) is 7.75. The highest BCUT2D eigenvalue weighted by atomic mass is 14.9. The van der Waals surface area contributed by atoms with Crippen molar-refractivity contribution in [2.75, 3.05) is 6.54 Å². The maximum absolute atomic E-state index is 8.74. The molecule has 1 aromatic rings. The summed E-state index contributed by atoms with van der Waals surface area (Å²) in [7, 11) is 0. The number of nitrogens with one attached hydrogen (secondary N) is 1. The van der Waals surface area contributed by atoms with Crippen LogP contribution in [0.15, 0.2) is 30.0 Å². The lowest BCUT2D eigenvalue weighted by molar-refractivity contribution is 0.810. The SMILES string of the molecule is N#C/C(N)=C1\NCCc2ccccc21. The Labute approximate surface area is 82.8 Å². The molecular weight excluding hydrogens is 174 g/mol. The van der Waals surface area contributed by atoms with Gasteiger partial charge in [0, 0.05) is 12.1 Å². The van der Waals surface area contributed by atoms with E-state index < -0.39 is 0 Å². The van der Waals surface area contributed by atoms with Gasteiger partial charge < -0.3 is 11.1 Å².